The van der Waals surface area contributed by atoms with Crippen LogP contribution in [0.5, 0.6) is 0 Å². The van der Waals surface area contributed by atoms with Gasteiger partial charge in [0.15, 0.2) is 6.29 Å². The van der Waals surface area contributed by atoms with E-state index in [9.17, 15) is 25.2 Å². The van der Waals surface area contributed by atoms with Crippen LogP contribution in [0.15, 0.2) is 12.2 Å². The molecule has 6 unspecified atom stereocenters. The van der Waals surface area contributed by atoms with Crippen LogP contribution in [0, 0.1) is 0 Å². The molecule has 1 aliphatic heterocycles. The highest BCUT2D eigenvalue weighted by Gasteiger charge is 2.44. The molecule has 1 fully saturated rings. The first-order valence-electron chi connectivity index (χ1n) is 17.8. The zero-order chi connectivity index (χ0) is 32.3. The molecule has 0 saturated carbocycles. The highest BCUT2D eigenvalue weighted by molar-refractivity contribution is 5.69. The van der Waals surface area contributed by atoms with Crippen molar-refractivity contribution in [3.63, 3.8) is 0 Å². The van der Waals surface area contributed by atoms with Crippen LogP contribution >= 0.6 is 0 Å². The third kappa shape index (κ3) is 20.1. The van der Waals surface area contributed by atoms with Crippen molar-refractivity contribution in [2.45, 2.75) is 179 Å². The molecule has 0 bridgehead atoms. The fourth-order valence-electron chi connectivity index (χ4n) is 5.31. The average molecular weight is 631 g/mol. The van der Waals surface area contributed by atoms with Crippen LogP contribution in [-0.4, -0.2) is 89.6 Å². The molecular formula is C35H66O9. The van der Waals surface area contributed by atoms with Crippen LogP contribution in [0.1, 0.15) is 142 Å². The molecule has 0 radical (unpaired) electrons. The summed E-state index contributed by atoms with van der Waals surface area (Å²) in [5.41, 5.74) is 0. The lowest BCUT2D eigenvalue weighted by Crippen LogP contribution is -2.59. The van der Waals surface area contributed by atoms with Crippen molar-refractivity contribution in [2.24, 2.45) is 0 Å². The van der Waals surface area contributed by atoms with E-state index in [4.69, 9.17) is 18.9 Å². The van der Waals surface area contributed by atoms with Crippen LogP contribution in [0.3, 0.4) is 0 Å². The maximum atomic E-state index is 12.5. The van der Waals surface area contributed by atoms with Gasteiger partial charge in [-0.2, -0.15) is 0 Å². The molecule has 0 amide bonds. The van der Waals surface area contributed by atoms with Crippen molar-refractivity contribution in [3.8, 4) is 0 Å². The van der Waals surface area contributed by atoms with Crippen molar-refractivity contribution in [2.75, 3.05) is 26.4 Å². The van der Waals surface area contributed by atoms with Crippen LogP contribution in [0.25, 0.3) is 0 Å². The van der Waals surface area contributed by atoms with Crippen molar-refractivity contribution >= 4 is 5.97 Å². The summed E-state index contributed by atoms with van der Waals surface area (Å²) in [6, 6.07) is 0. The minimum atomic E-state index is -1.53. The number of unbranched alkanes of at least 4 members (excludes halogenated alkanes) is 16. The molecule has 260 valence electrons. The normalized spacial score (nSPS) is 22.9. The van der Waals surface area contributed by atoms with Gasteiger partial charge in [0.1, 0.15) is 30.5 Å². The molecule has 0 aromatic carbocycles. The summed E-state index contributed by atoms with van der Waals surface area (Å²) in [6.07, 6.45) is 19.9. The Bertz CT molecular complexity index is 687. The third-order valence-electron chi connectivity index (χ3n) is 8.18. The Balaban J connectivity index is 2.26. The number of hydrogen-bond donors (Lipinski definition) is 4. The summed E-state index contributed by atoms with van der Waals surface area (Å²) >= 11 is 0. The van der Waals surface area contributed by atoms with E-state index < -0.39 is 43.4 Å². The molecular weight excluding hydrogens is 564 g/mol. The highest BCUT2D eigenvalue weighted by atomic mass is 16.7. The van der Waals surface area contributed by atoms with Gasteiger partial charge in [-0.1, -0.05) is 109 Å². The van der Waals surface area contributed by atoms with Crippen LogP contribution < -0.4 is 0 Å². The Morgan fingerprint density at radius 3 is 1.84 bits per heavy atom. The molecule has 1 aliphatic rings. The Labute approximate surface area is 267 Å². The van der Waals surface area contributed by atoms with Gasteiger partial charge in [0, 0.05) is 13.0 Å². The van der Waals surface area contributed by atoms with Gasteiger partial charge in [-0.25, -0.2) is 0 Å². The second-order valence-corrected chi connectivity index (χ2v) is 12.3. The van der Waals surface area contributed by atoms with Gasteiger partial charge < -0.3 is 39.4 Å². The number of rotatable bonds is 29. The maximum absolute atomic E-state index is 12.5. The number of carbonyl (C=O) groups is 1. The van der Waals surface area contributed by atoms with Gasteiger partial charge in [0.25, 0.3) is 0 Å². The number of ether oxygens (including phenoxy) is 4. The van der Waals surface area contributed by atoms with Gasteiger partial charge >= 0.3 is 5.97 Å². The number of esters is 1. The van der Waals surface area contributed by atoms with Gasteiger partial charge in [-0.05, 0) is 38.5 Å². The topological polar surface area (TPSA) is 135 Å². The molecule has 9 heteroatoms. The molecule has 0 spiro atoms. The average Bonchev–Trinajstić information content (AvgIpc) is 3.02. The van der Waals surface area contributed by atoms with Gasteiger partial charge in [-0.3, -0.25) is 4.79 Å². The fourth-order valence-corrected chi connectivity index (χ4v) is 5.31. The summed E-state index contributed by atoms with van der Waals surface area (Å²) in [6.45, 7) is 4.44. The van der Waals surface area contributed by atoms with Crippen molar-refractivity contribution < 1.29 is 44.2 Å². The summed E-state index contributed by atoms with van der Waals surface area (Å²) in [4.78, 5) is 12.5. The van der Waals surface area contributed by atoms with Crippen LogP contribution in [0.4, 0.5) is 0 Å². The number of aliphatic hydroxyl groups excluding tert-OH is 4. The van der Waals surface area contributed by atoms with Crippen molar-refractivity contribution in [1.29, 1.82) is 0 Å². The van der Waals surface area contributed by atoms with E-state index in [1.807, 2.05) is 0 Å². The minimum Gasteiger partial charge on any atom is -0.457 e. The number of carbonyl (C=O) groups excluding carboxylic acids is 1. The predicted molar refractivity (Wildman–Crippen MR) is 173 cm³/mol. The summed E-state index contributed by atoms with van der Waals surface area (Å²) in [5.74, 6) is -0.329. The molecule has 0 aromatic rings. The monoisotopic (exact) mass is 630 g/mol. The number of aliphatic hydroxyl groups is 4. The fraction of sp³-hybridized carbons (Fsp3) is 0.914. The molecule has 44 heavy (non-hydrogen) atoms. The lowest BCUT2D eigenvalue weighted by molar-refractivity contribution is -0.305. The Morgan fingerprint density at radius 2 is 1.25 bits per heavy atom. The van der Waals surface area contributed by atoms with Crippen LogP contribution in [0.2, 0.25) is 0 Å². The van der Waals surface area contributed by atoms with Crippen molar-refractivity contribution in [1.82, 2.24) is 0 Å². The van der Waals surface area contributed by atoms with E-state index in [1.54, 1.807) is 0 Å². The second kappa shape index (κ2) is 28.2. The lowest BCUT2D eigenvalue weighted by Gasteiger charge is -2.39. The zero-order valence-electron chi connectivity index (χ0n) is 27.9. The quantitative estimate of drug-likeness (QED) is 0.0437. The van der Waals surface area contributed by atoms with Gasteiger partial charge in [0.05, 0.1) is 19.8 Å². The number of hydrogen-bond acceptors (Lipinski definition) is 9. The molecule has 9 nitrogen and oxygen atoms in total. The Kier molecular flexibility index (Phi) is 26.2. The van der Waals surface area contributed by atoms with Gasteiger partial charge in [0.2, 0.25) is 0 Å². The Morgan fingerprint density at radius 1 is 0.705 bits per heavy atom. The summed E-state index contributed by atoms with van der Waals surface area (Å²) in [7, 11) is 0. The highest BCUT2D eigenvalue weighted by Crippen LogP contribution is 2.22. The first kappa shape index (κ1) is 41.0. The molecule has 1 heterocycles. The van der Waals surface area contributed by atoms with E-state index in [0.29, 0.717) is 13.0 Å². The molecule has 1 saturated heterocycles. The van der Waals surface area contributed by atoms with E-state index in [0.717, 1.165) is 44.9 Å². The number of allylic oxidation sites excluding steroid dienone is 2. The first-order valence-corrected chi connectivity index (χ1v) is 17.8. The van der Waals surface area contributed by atoms with E-state index >= 15 is 0 Å². The smallest absolute Gasteiger partial charge is 0.306 e. The molecule has 4 N–H and O–H groups in total. The van der Waals surface area contributed by atoms with E-state index in [1.165, 1.54) is 77.0 Å². The standard InChI is InChI=1S/C35H66O9/c1-3-5-7-9-10-11-12-13-14-15-16-17-18-19-21-23-25-41-27-29(43-31(37)24-22-20-8-6-4-2)28-42-35-34(40)33(39)32(38)30(26-36)44-35/h13-14,29-30,32-36,38-40H,3-12,15-28H2,1-2H3/b14-13-. The third-order valence-corrected chi connectivity index (χ3v) is 8.18. The zero-order valence-corrected chi connectivity index (χ0v) is 27.9. The molecule has 1 rings (SSSR count). The molecule has 6 atom stereocenters. The Hall–Kier alpha value is -1.07. The van der Waals surface area contributed by atoms with Crippen LogP contribution in [-0.2, 0) is 23.7 Å². The van der Waals surface area contributed by atoms with Gasteiger partial charge in [-0.15, -0.1) is 0 Å². The molecule has 0 aliphatic carbocycles. The molecule has 0 aromatic heterocycles. The lowest BCUT2D eigenvalue weighted by atomic mass is 9.99. The second-order valence-electron chi connectivity index (χ2n) is 12.3. The largest absolute Gasteiger partial charge is 0.457 e. The maximum Gasteiger partial charge on any atom is 0.306 e. The SMILES string of the molecule is CCCCCCCC/C=C\CCCCCCCCOCC(COC1OC(CO)C(O)C(O)C1O)OC(=O)CCCCCCC. The van der Waals surface area contributed by atoms with E-state index in [2.05, 4.69) is 26.0 Å². The predicted octanol–water partition coefficient (Wildman–Crippen LogP) is 6.13. The summed E-state index contributed by atoms with van der Waals surface area (Å²) in [5, 5.41) is 39.7. The van der Waals surface area contributed by atoms with E-state index in [-0.39, 0.29) is 19.2 Å². The van der Waals surface area contributed by atoms with Crippen molar-refractivity contribution in [3.05, 3.63) is 12.2 Å². The first-order chi connectivity index (χ1) is 21.4. The summed E-state index contributed by atoms with van der Waals surface area (Å²) < 4.78 is 22.5. The minimum absolute atomic E-state index is 0.113.